The van der Waals surface area contributed by atoms with Crippen molar-refractivity contribution in [1.29, 1.82) is 0 Å². The molecule has 1 atom stereocenters. The smallest absolute Gasteiger partial charge is 0.240 e. The highest BCUT2D eigenvalue weighted by Gasteiger charge is 2.25. The average Bonchev–Trinajstić information content (AvgIpc) is 2.33. The van der Waals surface area contributed by atoms with E-state index >= 15 is 0 Å². The molecule has 1 amide bonds. The Bertz CT molecular complexity index is 434. The van der Waals surface area contributed by atoms with Gasteiger partial charge in [-0.05, 0) is 53.4 Å². The summed E-state index contributed by atoms with van der Waals surface area (Å²) < 4.78 is 0.773. The van der Waals surface area contributed by atoms with E-state index in [4.69, 9.17) is 5.73 Å². The predicted molar refractivity (Wildman–Crippen MR) is 80.4 cm³/mol. The van der Waals surface area contributed by atoms with Crippen molar-refractivity contribution in [3.05, 3.63) is 28.5 Å². The number of nitrogens with zero attached hydrogens (tertiary/aromatic N) is 2. The summed E-state index contributed by atoms with van der Waals surface area (Å²) in [5.41, 5.74) is 7.01. The quantitative estimate of drug-likeness (QED) is 0.845. The third-order valence-corrected chi connectivity index (χ3v) is 3.49. The van der Waals surface area contributed by atoms with Crippen LogP contribution in [-0.2, 0) is 11.3 Å². The van der Waals surface area contributed by atoms with Crippen LogP contribution in [0.2, 0.25) is 0 Å². The van der Waals surface area contributed by atoms with Crippen LogP contribution in [0, 0.1) is 5.92 Å². The van der Waals surface area contributed by atoms with Crippen LogP contribution in [-0.4, -0.2) is 27.9 Å². The second kappa shape index (κ2) is 7.01. The Hall–Kier alpha value is -0.940. The minimum Gasteiger partial charge on any atom is -0.335 e. The molecule has 0 bridgehead atoms. The van der Waals surface area contributed by atoms with E-state index in [1.165, 1.54) is 0 Å². The van der Waals surface area contributed by atoms with Crippen molar-refractivity contribution in [1.82, 2.24) is 9.88 Å². The van der Waals surface area contributed by atoms with Crippen LogP contribution < -0.4 is 5.73 Å². The minimum absolute atomic E-state index is 0.00191. The molecule has 0 aromatic carbocycles. The van der Waals surface area contributed by atoms with Gasteiger partial charge in [-0.3, -0.25) is 4.79 Å². The number of carbonyl (C=O) groups excluding carboxylic acids is 1. The molecule has 0 saturated heterocycles. The molecule has 0 fully saturated rings. The summed E-state index contributed by atoms with van der Waals surface area (Å²) >= 11 is 3.34. The number of rotatable bonds is 5. The molecule has 1 heterocycles. The van der Waals surface area contributed by atoms with E-state index in [1.54, 1.807) is 6.20 Å². The first-order valence-electron chi connectivity index (χ1n) is 6.49. The van der Waals surface area contributed by atoms with Crippen molar-refractivity contribution in [3.63, 3.8) is 0 Å². The Morgan fingerprint density at radius 3 is 2.53 bits per heavy atom. The van der Waals surface area contributed by atoms with E-state index in [-0.39, 0.29) is 17.9 Å². The highest BCUT2D eigenvalue weighted by molar-refractivity contribution is 9.10. The summed E-state index contributed by atoms with van der Waals surface area (Å²) in [5.74, 6) is 0.135. The van der Waals surface area contributed by atoms with E-state index in [0.29, 0.717) is 6.54 Å². The molecule has 0 aliphatic carbocycles. The van der Waals surface area contributed by atoms with Crippen LogP contribution in [0.1, 0.15) is 33.3 Å². The minimum atomic E-state index is -0.451. The maximum Gasteiger partial charge on any atom is 0.240 e. The molecule has 5 heteroatoms. The molecule has 2 N–H and O–H groups in total. The van der Waals surface area contributed by atoms with Crippen molar-refractivity contribution >= 4 is 21.8 Å². The standard InChI is InChI=1S/C14H22BrN3O/c1-9(2)13(16)14(19)18(10(3)4)8-11-5-6-17-12(15)7-11/h5-7,9-10,13H,8,16H2,1-4H3/t13-/m0/s1. The van der Waals surface area contributed by atoms with Crippen LogP contribution >= 0.6 is 15.9 Å². The molecular formula is C14H22BrN3O. The third kappa shape index (κ3) is 4.58. The van der Waals surface area contributed by atoms with Gasteiger partial charge in [0.05, 0.1) is 6.04 Å². The number of amides is 1. The van der Waals surface area contributed by atoms with Crippen molar-refractivity contribution < 1.29 is 4.79 Å². The van der Waals surface area contributed by atoms with Crippen LogP contribution in [0.3, 0.4) is 0 Å². The van der Waals surface area contributed by atoms with Crippen molar-refractivity contribution in [3.8, 4) is 0 Å². The lowest BCUT2D eigenvalue weighted by molar-refractivity contribution is -0.136. The molecule has 4 nitrogen and oxygen atoms in total. The Morgan fingerprint density at radius 2 is 2.05 bits per heavy atom. The second-order valence-corrected chi connectivity index (χ2v) is 6.13. The van der Waals surface area contributed by atoms with E-state index in [1.807, 2.05) is 44.7 Å². The number of aromatic nitrogens is 1. The van der Waals surface area contributed by atoms with Gasteiger partial charge in [-0.1, -0.05) is 13.8 Å². The molecule has 0 aliphatic rings. The Balaban J connectivity index is 2.87. The van der Waals surface area contributed by atoms with Crippen LogP contribution in [0.5, 0.6) is 0 Å². The summed E-state index contributed by atoms with van der Waals surface area (Å²) in [6.07, 6.45) is 1.73. The number of carbonyl (C=O) groups is 1. The molecule has 0 spiro atoms. The zero-order valence-corrected chi connectivity index (χ0v) is 13.5. The number of hydrogen-bond donors (Lipinski definition) is 1. The summed E-state index contributed by atoms with van der Waals surface area (Å²) in [6, 6.07) is 3.50. The molecular weight excluding hydrogens is 306 g/mol. The van der Waals surface area contributed by atoms with Crippen molar-refractivity contribution in [2.24, 2.45) is 11.7 Å². The van der Waals surface area contributed by atoms with Crippen molar-refractivity contribution in [2.75, 3.05) is 0 Å². The fourth-order valence-corrected chi connectivity index (χ4v) is 2.14. The zero-order valence-electron chi connectivity index (χ0n) is 11.9. The summed E-state index contributed by atoms with van der Waals surface area (Å²) in [6.45, 7) is 8.48. The van der Waals surface area contributed by atoms with E-state index < -0.39 is 6.04 Å². The first kappa shape index (κ1) is 16.1. The highest BCUT2D eigenvalue weighted by Crippen LogP contribution is 2.14. The lowest BCUT2D eigenvalue weighted by Gasteiger charge is -2.30. The maximum absolute atomic E-state index is 12.4. The fourth-order valence-electron chi connectivity index (χ4n) is 1.73. The maximum atomic E-state index is 12.4. The summed E-state index contributed by atoms with van der Waals surface area (Å²) in [4.78, 5) is 18.3. The number of nitrogens with two attached hydrogens (primary N) is 1. The number of halogens is 1. The number of hydrogen-bond acceptors (Lipinski definition) is 3. The average molecular weight is 328 g/mol. The SMILES string of the molecule is CC(C)[C@H](N)C(=O)N(Cc1ccnc(Br)c1)C(C)C. The van der Waals surface area contributed by atoms with Gasteiger partial charge in [-0.25, -0.2) is 4.98 Å². The lowest BCUT2D eigenvalue weighted by atomic mass is 10.0. The molecule has 0 saturated carbocycles. The van der Waals surface area contributed by atoms with Crippen LogP contribution in [0.4, 0.5) is 0 Å². The van der Waals surface area contributed by atoms with Crippen LogP contribution in [0.15, 0.2) is 22.9 Å². The molecule has 106 valence electrons. The highest BCUT2D eigenvalue weighted by atomic mass is 79.9. The van der Waals surface area contributed by atoms with E-state index in [9.17, 15) is 4.79 Å². The largest absolute Gasteiger partial charge is 0.335 e. The molecule has 1 rings (SSSR count). The second-order valence-electron chi connectivity index (χ2n) is 5.32. The summed E-state index contributed by atoms with van der Waals surface area (Å²) in [5, 5.41) is 0. The van der Waals surface area contributed by atoms with Crippen molar-refractivity contribution in [2.45, 2.75) is 46.3 Å². The van der Waals surface area contributed by atoms with Gasteiger partial charge in [-0.2, -0.15) is 0 Å². The molecule has 0 radical (unpaired) electrons. The van der Waals surface area contributed by atoms with Gasteiger partial charge in [0.15, 0.2) is 0 Å². The molecule has 19 heavy (non-hydrogen) atoms. The topological polar surface area (TPSA) is 59.2 Å². The van der Waals surface area contributed by atoms with E-state index in [2.05, 4.69) is 20.9 Å². The zero-order chi connectivity index (χ0) is 14.6. The predicted octanol–water partition coefficient (Wildman–Crippen LogP) is 2.56. The Kier molecular flexibility index (Phi) is 5.94. The van der Waals surface area contributed by atoms with Crippen LogP contribution in [0.25, 0.3) is 0 Å². The van der Waals surface area contributed by atoms with Gasteiger partial charge >= 0.3 is 0 Å². The van der Waals surface area contributed by atoms with Gasteiger partial charge in [0, 0.05) is 18.8 Å². The third-order valence-electron chi connectivity index (χ3n) is 3.05. The Morgan fingerprint density at radius 1 is 1.42 bits per heavy atom. The van der Waals surface area contributed by atoms with Gasteiger partial charge in [0.1, 0.15) is 4.60 Å². The first-order chi connectivity index (χ1) is 8.82. The van der Waals surface area contributed by atoms with Gasteiger partial charge < -0.3 is 10.6 Å². The molecule has 1 aromatic heterocycles. The fraction of sp³-hybridized carbons (Fsp3) is 0.571. The number of pyridine rings is 1. The molecule has 0 unspecified atom stereocenters. The molecule has 1 aromatic rings. The van der Waals surface area contributed by atoms with E-state index in [0.717, 1.165) is 10.2 Å². The van der Waals surface area contributed by atoms with Gasteiger partial charge in [0.25, 0.3) is 0 Å². The monoisotopic (exact) mass is 327 g/mol. The van der Waals surface area contributed by atoms with Gasteiger partial charge in [0.2, 0.25) is 5.91 Å². The van der Waals surface area contributed by atoms with Gasteiger partial charge in [-0.15, -0.1) is 0 Å². The normalized spacial score (nSPS) is 12.8. The lowest BCUT2D eigenvalue weighted by Crippen LogP contribution is -2.48. The molecule has 0 aliphatic heterocycles. The summed E-state index contributed by atoms with van der Waals surface area (Å²) in [7, 11) is 0. The first-order valence-corrected chi connectivity index (χ1v) is 7.28. The Labute approximate surface area is 123 Å².